The molecule has 1 rings (SSSR count). The summed E-state index contributed by atoms with van der Waals surface area (Å²) in [6.07, 6.45) is 3.20. The molecule has 1 atom stereocenters. The van der Waals surface area contributed by atoms with E-state index in [-0.39, 0.29) is 12.0 Å². The van der Waals surface area contributed by atoms with E-state index < -0.39 is 0 Å². The lowest BCUT2D eigenvalue weighted by atomic mass is 9.92. The average Bonchev–Trinajstić information content (AvgIpc) is 2.60. The van der Waals surface area contributed by atoms with Crippen molar-refractivity contribution in [2.45, 2.75) is 46.1 Å². The Hall–Kier alpha value is -0.570. The molecule has 1 aliphatic heterocycles. The number of ether oxygens (including phenoxy) is 1. The van der Waals surface area contributed by atoms with Crippen molar-refractivity contribution in [1.82, 2.24) is 4.90 Å². The molecule has 0 amide bonds. The summed E-state index contributed by atoms with van der Waals surface area (Å²) in [6, 6.07) is 0.0114. The first-order valence-electron chi connectivity index (χ1n) is 5.76. The number of hydrogen-bond acceptors (Lipinski definition) is 3. The fourth-order valence-corrected chi connectivity index (χ4v) is 1.98. The van der Waals surface area contributed by atoms with Crippen LogP contribution in [0.3, 0.4) is 0 Å². The molecule has 88 valence electrons. The Morgan fingerprint density at radius 2 is 2.13 bits per heavy atom. The Bertz CT molecular complexity index is 220. The summed E-state index contributed by atoms with van der Waals surface area (Å²) in [7, 11) is 1.47. The molecule has 0 aromatic rings. The minimum absolute atomic E-state index is 0.0114. The standard InChI is InChI=1S/C12H23NO2/c1-12(2,3)7-9-13-8-5-6-10(13)11(14)15-4/h10H,5-9H2,1-4H3/t10-/m1/s1. The van der Waals surface area contributed by atoms with Crippen molar-refractivity contribution in [2.24, 2.45) is 5.41 Å². The first kappa shape index (κ1) is 12.5. The van der Waals surface area contributed by atoms with E-state index >= 15 is 0 Å². The molecule has 3 nitrogen and oxygen atoms in total. The normalized spacial score (nSPS) is 23.1. The van der Waals surface area contributed by atoms with Crippen LogP contribution >= 0.6 is 0 Å². The van der Waals surface area contributed by atoms with Gasteiger partial charge in [-0.1, -0.05) is 20.8 Å². The monoisotopic (exact) mass is 213 g/mol. The average molecular weight is 213 g/mol. The van der Waals surface area contributed by atoms with Crippen LogP contribution in [-0.4, -0.2) is 37.1 Å². The first-order valence-corrected chi connectivity index (χ1v) is 5.76. The number of carbonyl (C=O) groups is 1. The second-order valence-corrected chi connectivity index (χ2v) is 5.53. The van der Waals surface area contributed by atoms with Crippen molar-refractivity contribution in [2.75, 3.05) is 20.2 Å². The first-order chi connectivity index (χ1) is 6.94. The molecular weight excluding hydrogens is 190 g/mol. The third kappa shape index (κ3) is 3.82. The second-order valence-electron chi connectivity index (χ2n) is 5.53. The van der Waals surface area contributed by atoms with Crippen molar-refractivity contribution < 1.29 is 9.53 Å². The van der Waals surface area contributed by atoms with Gasteiger partial charge in [-0.15, -0.1) is 0 Å². The Morgan fingerprint density at radius 3 is 2.67 bits per heavy atom. The number of likely N-dealkylation sites (tertiary alicyclic amines) is 1. The lowest BCUT2D eigenvalue weighted by molar-refractivity contribution is -0.145. The highest BCUT2D eigenvalue weighted by Gasteiger charge is 2.31. The van der Waals surface area contributed by atoms with Gasteiger partial charge >= 0.3 is 5.97 Å². The van der Waals surface area contributed by atoms with Crippen LogP contribution in [0.4, 0.5) is 0 Å². The van der Waals surface area contributed by atoms with E-state index in [0.717, 1.165) is 32.4 Å². The Kier molecular flexibility index (Phi) is 4.14. The number of esters is 1. The SMILES string of the molecule is COC(=O)[C@H]1CCCN1CCC(C)(C)C. The van der Waals surface area contributed by atoms with E-state index in [1.54, 1.807) is 0 Å². The van der Waals surface area contributed by atoms with Crippen LogP contribution in [0.2, 0.25) is 0 Å². The third-order valence-corrected chi connectivity index (χ3v) is 2.99. The summed E-state index contributed by atoms with van der Waals surface area (Å²) in [4.78, 5) is 13.7. The predicted molar refractivity (Wildman–Crippen MR) is 60.7 cm³/mol. The molecule has 0 unspecified atom stereocenters. The van der Waals surface area contributed by atoms with Gasteiger partial charge in [0.1, 0.15) is 6.04 Å². The maximum absolute atomic E-state index is 11.5. The molecule has 1 saturated heterocycles. The molecule has 1 aliphatic rings. The van der Waals surface area contributed by atoms with E-state index in [1.807, 2.05) is 0 Å². The van der Waals surface area contributed by atoms with Gasteiger partial charge in [0.15, 0.2) is 0 Å². The Balaban J connectivity index is 2.43. The minimum atomic E-state index is -0.0681. The van der Waals surface area contributed by atoms with Gasteiger partial charge in [0.25, 0.3) is 0 Å². The largest absolute Gasteiger partial charge is 0.468 e. The molecule has 1 heterocycles. The van der Waals surface area contributed by atoms with Gasteiger partial charge in [0, 0.05) is 0 Å². The quantitative estimate of drug-likeness (QED) is 0.672. The summed E-state index contributed by atoms with van der Waals surface area (Å²) in [5.74, 6) is -0.0681. The van der Waals surface area contributed by atoms with Crippen LogP contribution in [0, 0.1) is 5.41 Å². The van der Waals surface area contributed by atoms with Gasteiger partial charge in [0.05, 0.1) is 7.11 Å². The van der Waals surface area contributed by atoms with Crippen LogP contribution in [-0.2, 0) is 9.53 Å². The van der Waals surface area contributed by atoms with Gasteiger partial charge in [-0.05, 0) is 37.8 Å². The number of rotatable bonds is 3. The van der Waals surface area contributed by atoms with Crippen LogP contribution in [0.5, 0.6) is 0 Å². The highest BCUT2D eigenvalue weighted by Crippen LogP contribution is 2.23. The topological polar surface area (TPSA) is 29.5 Å². The molecule has 0 aliphatic carbocycles. The maximum atomic E-state index is 11.5. The zero-order valence-electron chi connectivity index (χ0n) is 10.4. The summed E-state index contributed by atoms with van der Waals surface area (Å²) >= 11 is 0. The zero-order valence-corrected chi connectivity index (χ0v) is 10.4. The van der Waals surface area contributed by atoms with Crippen LogP contribution in [0.25, 0.3) is 0 Å². The molecule has 0 aromatic heterocycles. The molecule has 0 spiro atoms. The third-order valence-electron chi connectivity index (χ3n) is 2.99. The fraction of sp³-hybridized carbons (Fsp3) is 0.917. The highest BCUT2D eigenvalue weighted by molar-refractivity contribution is 5.75. The highest BCUT2D eigenvalue weighted by atomic mass is 16.5. The molecule has 0 radical (unpaired) electrons. The molecule has 0 bridgehead atoms. The van der Waals surface area contributed by atoms with Crippen molar-refractivity contribution >= 4 is 5.97 Å². The molecule has 1 fully saturated rings. The fourth-order valence-electron chi connectivity index (χ4n) is 1.98. The van der Waals surface area contributed by atoms with Gasteiger partial charge in [-0.25, -0.2) is 0 Å². The van der Waals surface area contributed by atoms with E-state index in [0.29, 0.717) is 5.41 Å². The smallest absolute Gasteiger partial charge is 0.323 e. The van der Waals surface area contributed by atoms with Gasteiger partial charge in [-0.3, -0.25) is 9.69 Å². The summed E-state index contributed by atoms with van der Waals surface area (Å²) in [5.41, 5.74) is 0.337. The summed E-state index contributed by atoms with van der Waals surface area (Å²) < 4.78 is 4.82. The molecule has 3 heteroatoms. The summed E-state index contributed by atoms with van der Waals surface area (Å²) in [5, 5.41) is 0. The Labute approximate surface area is 92.8 Å². The number of nitrogens with zero attached hydrogens (tertiary/aromatic N) is 1. The van der Waals surface area contributed by atoms with E-state index in [4.69, 9.17) is 4.74 Å². The maximum Gasteiger partial charge on any atom is 0.323 e. The van der Waals surface area contributed by atoms with Gasteiger partial charge in [-0.2, -0.15) is 0 Å². The molecular formula is C12H23NO2. The van der Waals surface area contributed by atoms with Crippen LogP contribution in [0.1, 0.15) is 40.0 Å². The molecule has 0 saturated carbocycles. The number of hydrogen-bond donors (Lipinski definition) is 0. The van der Waals surface area contributed by atoms with Crippen molar-refractivity contribution in [3.8, 4) is 0 Å². The Morgan fingerprint density at radius 1 is 1.47 bits per heavy atom. The van der Waals surface area contributed by atoms with Gasteiger partial charge < -0.3 is 4.74 Å². The van der Waals surface area contributed by atoms with Crippen molar-refractivity contribution in [3.63, 3.8) is 0 Å². The number of methoxy groups -OCH3 is 1. The minimum Gasteiger partial charge on any atom is -0.468 e. The molecule has 0 aromatic carbocycles. The lowest BCUT2D eigenvalue weighted by Gasteiger charge is -2.26. The molecule has 15 heavy (non-hydrogen) atoms. The summed E-state index contributed by atoms with van der Waals surface area (Å²) in [6.45, 7) is 8.74. The lowest BCUT2D eigenvalue weighted by Crippen LogP contribution is -2.38. The van der Waals surface area contributed by atoms with E-state index in [1.165, 1.54) is 7.11 Å². The van der Waals surface area contributed by atoms with Crippen molar-refractivity contribution in [1.29, 1.82) is 0 Å². The number of carbonyl (C=O) groups excluding carboxylic acids is 1. The van der Waals surface area contributed by atoms with E-state index in [2.05, 4.69) is 25.7 Å². The zero-order chi connectivity index (χ0) is 11.5. The van der Waals surface area contributed by atoms with Gasteiger partial charge in [0.2, 0.25) is 0 Å². The molecule has 0 N–H and O–H groups in total. The van der Waals surface area contributed by atoms with Crippen LogP contribution in [0.15, 0.2) is 0 Å². The van der Waals surface area contributed by atoms with Crippen molar-refractivity contribution in [3.05, 3.63) is 0 Å². The predicted octanol–water partition coefficient (Wildman–Crippen LogP) is 2.06. The van der Waals surface area contributed by atoms with E-state index in [9.17, 15) is 4.79 Å². The van der Waals surface area contributed by atoms with Crippen LogP contribution < -0.4 is 0 Å². The second kappa shape index (κ2) is 4.97.